The van der Waals surface area contributed by atoms with Crippen LogP contribution in [-0.2, 0) is 4.79 Å². The molecule has 0 heterocycles. The third-order valence-corrected chi connectivity index (χ3v) is 0.606. The minimum absolute atomic E-state index is 0.162. The summed E-state index contributed by atoms with van der Waals surface area (Å²) >= 11 is 0. The highest BCUT2D eigenvalue weighted by molar-refractivity contribution is 5.86. The van der Waals surface area contributed by atoms with E-state index >= 15 is 0 Å². The van der Waals surface area contributed by atoms with Crippen LogP contribution in [0, 0.1) is 0 Å². The predicted octanol–water partition coefficient (Wildman–Crippen LogP) is 1.16. The number of amides is 1. The molecule has 0 saturated heterocycles. The van der Waals surface area contributed by atoms with Gasteiger partial charge in [-0.25, -0.2) is 0 Å². The lowest BCUT2D eigenvalue weighted by Crippen LogP contribution is -2.19. The second-order valence-electron chi connectivity index (χ2n) is 1.42. The molecule has 2 N–H and O–H groups in total. The fraction of sp³-hybridized carbons (Fsp3) is 0.125. The Morgan fingerprint density at radius 3 is 2.18 bits per heavy atom. The van der Waals surface area contributed by atoms with Gasteiger partial charge in [-0.1, -0.05) is 19.2 Å². The van der Waals surface area contributed by atoms with Crippen molar-refractivity contribution in [2.24, 2.45) is 0 Å². The van der Waals surface area contributed by atoms with Gasteiger partial charge in [0, 0.05) is 6.54 Å². The van der Waals surface area contributed by atoms with Gasteiger partial charge in [-0.3, -0.25) is 4.79 Å². The Kier molecular flexibility index (Phi) is 12.5. The highest BCUT2D eigenvalue weighted by atomic mass is 16.2. The van der Waals surface area contributed by atoms with Crippen LogP contribution in [0.5, 0.6) is 0 Å². The van der Waals surface area contributed by atoms with Crippen molar-refractivity contribution in [3.05, 3.63) is 38.2 Å². The second-order valence-corrected chi connectivity index (χ2v) is 1.42. The van der Waals surface area contributed by atoms with Crippen molar-refractivity contribution in [3.63, 3.8) is 0 Å². The first-order valence-electron chi connectivity index (χ1n) is 2.99. The maximum Gasteiger partial charge on any atom is 0.243 e. The van der Waals surface area contributed by atoms with Crippen molar-refractivity contribution in [1.29, 1.82) is 0 Å². The van der Waals surface area contributed by atoms with Crippen molar-refractivity contribution in [2.75, 3.05) is 6.54 Å². The van der Waals surface area contributed by atoms with Crippen LogP contribution < -0.4 is 5.32 Å². The maximum atomic E-state index is 10.3. The smallest absolute Gasteiger partial charge is 0.243 e. The van der Waals surface area contributed by atoms with Gasteiger partial charge in [0.2, 0.25) is 5.91 Å². The van der Waals surface area contributed by atoms with Gasteiger partial charge >= 0.3 is 0 Å². The molecule has 3 nitrogen and oxygen atoms in total. The fourth-order valence-electron chi connectivity index (χ4n) is 0.245. The first-order valence-corrected chi connectivity index (χ1v) is 2.99. The van der Waals surface area contributed by atoms with E-state index in [9.17, 15) is 4.79 Å². The Hall–Kier alpha value is -1.51. The molecule has 0 radical (unpaired) electrons. The SMILES string of the molecule is C=CCNC(=O)C=C.C=CO. The van der Waals surface area contributed by atoms with E-state index in [0.29, 0.717) is 6.54 Å². The van der Waals surface area contributed by atoms with Crippen LogP contribution in [0.1, 0.15) is 0 Å². The topological polar surface area (TPSA) is 49.3 Å². The van der Waals surface area contributed by atoms with Crippen LogP contribution in [0.25, 0.3) is 0 Å². The summed E-state index contributed by atoms with van der Waals surface area (Å²) in [5.74, 6) is -0.162. The molecule has 0 aromatic carbocycles. The van der Waals surface area contributed by atoms with Crippen molar-refractivity contribution in [2.45, 2.75) is 0 Å². The number of carbonyl (C=O) groups excluding carboxylic acids is 1. The van der Waals surface area contributed by atoms with Gasteiger partial charge in [-0.05, 0) is 6.08 Å². The quantitative estimate of drug-likeness (QED) is 0.365. The lowest BCUT2D eigenvalue weighted by atomic mass is 10.5. The Balaban J connectivity index is 0. The molecule has 0 unspecified atom stereocenters. The number of carbonyl (C=O) groups is 1. The van der Waals surface area contributed by atoms with Crippen LogP contribution in [-0.4, -0.2) is 17.6 Å². The van der Waals surface area contributed by atoms with Crippen molar-refractivity contribution >= 4 is 5.91 Å². The van der Waals surface area contributed by atoms with E-state index in [1.165, 1.54) is 6.08 Å². The number of rotatable bonds is 3. The molecule has 3 heteroatoms. The van der Waals surface area contributed by atoms with Crippen molar-refractivity contribution in [1.82, 2.24) is 5.32 Å². The Morgan fingerprint density at radius 2 is 1.91 bits per heavy atom. The van der Waals surface area contributed by atoms with E-state index in [1.807, 2.05) is 0 Å². The number of aliphatic hydroxyl groups is 1. The molecular formula is C8H13NO2. The zero-order valence-corrected chi connectivity index (χ0v) is 6.42. The summed E-state index contributed by atoms with van der Waals surface area (Å²) < 4.78 is 0. The number of aliphatic hydroxyl groups excluding tert-OH is 1. The molecule has 0 aromatic heterocycles. The zero-order chi connectivity index (χ0) is 9.11. The summed E-state index contributed by atoms with van der Waals surface area (Å²) in [4.78, 5) is 10.3. The van der Waals surface area contributed by atoms with Crippen LogP contribution in [0.4, 0.5) is 0 Å². The van der Waals surface area contributed by atoms with E-state index in [-0.39, 0.29) is 5.91 Å². The van der Waals surface area contributed by atoms with Gasteiger partial charge in [-0.15, -0.1) is 6.58 Å². The van der Waals surface area contributed by atoms with E-state index in [2.05, 4.69) is 25.1 Å². The average Bonchev–Trinajstić information content (AvgIpc) is 2.02. The highest BCUT2D eigenvalue weighted by Crippen LogP contribution is 1.64. The Labute approximate surface area is 66.7 Å². The number of nitrogens with one attached hydrogen (secondary N) is 1. The van der Waals surface area contributed by atoms with Gasteiger partial charge in [0.15, 0.2) is 0 Å². The Morgan fingerprint density at radius 1 is 1.45 bits per heavy atom. The normalized spacial score (nSPS) is 6.55. The molecule has 0 rings (SSSR count). The maximum absolute atomic E-state index is 10.3. The lowest BCUT2D eigenvalue weighted by molar-refractivity contribution is -0.116. The van der Waals surface area contributed by atoms with E-state index in [0.717, 1.165) is 6.26 Å². The second kappa shape index (κ2) is 11.3. The summed E-state index contributed by atoms with van der Waals surface area (Å²) in [6, 6.07) is 0. The summed E-state index contributed by atoms with van der Waals surface area (Å²) in [5.41, 5.74) is 0. The van der Waals surface area contributed by atoms with Gasteiger partial charge in [0.25, 0.3) is 0 Å². The molecular weight excluding hydrogens is 142 g/mol. The third kappa shape index (κ3) is 17.7. The minimum Gasteiger partial charge on any atom is -0.516 e. The predicted molar refractivity (Wildman–Crippen MR) is 46.2 cm³/mol. The number of hydrogen-bond donors (Lipinski definition) is 2. The van der Waals surface area contributed by atoms with E-state index in [4.69, 9.17) is 5.11 Å². The molecule has 1 amide bonds. The fourth-order valence-corrected chi connectivity index (χ4v) is 0.245. The third-order valence-electron chi connectivity index (χ3n) is 0.606. The van der Waals surface area contributed by atoms with Crippen LogP contribution in [0.15, 0.2) is 38.2 Å². The molecule has 0 spiro atoms. The molecule has 0 bridgehead atoms. The van der Waals surface area contributed by atoms with Gasteiger partial charge in [0.05, 0.1) is 6.26 Å². The van der Waals surface area contributed by atoms with Crippen LogP contribution in [0.3, 0.4) is 0 Å². The van der Waals surface area contributed by atoms with Crippen molar-refractivity contribution < 1.29 is 9.90 Å². The van der Waals surface area contributed by atoms with Crippen LogP contribution >= 0.6 is 0 Å². The number of hydrogen-bond acceptors (Lipinski definition) is 2. The minimum atomic E-state index is -0.162. The molecule has 0 saturated carbocycles. The van der Waals surface area contributed by atoms with Gasteiger partial charge in [0.1, 0.15) is 0 Å². The molecule has 0 atom stereocenters. The average molecular weight is 155 g/mol. The molecule has 0 aliphatic rings. The molecule has 62 valence electrons. The molecule has 11 heavy (non-hydrogen) atoms. The molecule has 0 fully saturated rings. The highest BCUT2D eigenvalue weighted by Gasteiger charge is 1.85. The van der Waals surface area contributed by atoms with E-state index < -0.39 is 0 Å². The summed E-state index contributed by atoms with van der Waals surface area (Å²) in [7, 11) is 0. The van der Waals surface area contributed by atoms with Gasteiger partial charge < -0.3 is 10.4 Å². The van der Waals surface area contributed by atoms with Crippen LogP contribution in [0.2, 0.25) is 0 Å². The monoisotopic (exact) mass is 155 g/mol. The molecule has 0 aromatic rings. The molecule has 0 aliphatic heterocycles. The summed E-state index contributed by atoms with van der Waals surface area (Å²) in [6.45, 7) is 10.1. The Bertz CT molecular complexity index is 141. The summed E-state index contributed by atoms with van der Waals surface area (Å²) in [6.07, 6.45) is 3.59. The van der Waals surface area contributed by atoms with E-state index in [1.54, 1.807) is 6.08 Å². The standard InChI is InChI=1S/C6H9NO.C2H4O/c1-3-5-7-6(8)4-2;1-2-3/h3-4H,1-2,5H2,(H,7,8);2-3H,1H2. The first-order chi connectivity index (χ1) is 5.22. The first kappa shape index (κ1) is 12.2. The largest absolute Gasteiger partial charge is 0.516 e. The van der Waals surface area contributed by atoms with Gasteiger partial charge in [-0.2, -0.15) is 0 Å². The zero-order valence-electron chi connectivity index (χ0n) is 6.42. The van der Waals surface area contributed by atoms with Crippen molar-refractivity contribution in [3.8, 4) is 0 Å². The summed E-state index contributed by atoms with van der Waals surface area (Å²) in [5, 5.41) is 9.84. The lowest BCUT2D eigenvalue weighted by Gasteiger charge is -1.91. The molecule has 0 aliphatic carbocycles.